The van der Waals surface area contributed by atoms with Gasteiger partial charge in [0.1, 0.15) is 6.29 Å². The summed E-state index contributed by atoms with van der Waals surface area (Å²) in [6.07, 6.45) is 6.87. The van der Waals surface area contributed by atoms with Crippen molar-refractivity contribution in [2.45, 2.75) is 57.5 Å². The van der Waals surface area contributed by atoms with Crippen LogP contribution < -0.4 is 10.6 Å². The lowest BCUT2D eigenvalue weighted by atomic mass is 9.77. The van der Waals surface area contributed by atoms with Crippen molar-refractivity contribution in [3.8, 4) is 0 Å². The van der Waals surface area contributed by atoms with Crippen molar-refractivity contribution in [2.75, 3.05) is 20.1 Å². The third kappa shape index (κ3) is 5.33. The lowest BCUT2D eigenvalue weighted by molar-refractivity contribution is -0.108. The van der Waals surface area contributed by atoms with Gasteiger partial charge in [0, 0.05) is 41.7 Å². The van der Waals surface area contributed by atoms with Crippen molar-refractivity contribution in [3.63, 3.8) is 0 Å². The van der Waals surface area contributed by atoms with Gasteiger partial charge in [0.15, 0.2) is 0 Å². The summed E-state index contributed by atoms with van der Waals surface area (Å²) in [5.41, 5.74) is 5.68. The molecule has 7 heteroatoms. The second-order valence-electron chi connectivity index (χ2n) is 12.0. The van der Waals surface area contributed by atoms with E-state index in [1.54, 1.807) is 24.3 Å². The molecule has 3 aliphatic rings. The number of hydrogen-bond donors (Lipinski definition) is 2. The molecule has 3 aromatic rings. The Labute approximate surface area is 229 Å². The van der Waals surface area contributed by atoms with Crippen LogP contribution in [0.15, 0.2) is 48.5 Å². The van der Waals surface area contributed by atoms with E-state index in [4.69, 9.17) is 4.98 Å². The average molecular weight is 525 g/mol. The predicted octanol–water partition coefficient (Wildman–Crippen LogP) is 4.24. The SMILES string of the molecule is CN1CC(NC(=O)c2cccc([C@@H](CC=O)NC(=O)c3ccc4nc5c(cc4c3)C[C@@H](C3(C)CC3)CC5)c2)C1. The minimum absolute atomic E-state index is 0.118. The molecule has 2 fully saturated rings. The molecule has 0 spiro atoms. The average Bonchev–Trinajstić information content (AvgIpc) is 3.68. The molecular weight excluding hydrogens is 488 g/mol. The lowest BCUT2D eigenvalue weighted by Crippen LogP contribution is -2.57. The fourth-order valence-corrected chi connectivity index (χ4v) is 6.25. The molecule has 0 radical (unpaired) electrons. The summed E-state index contributed by atoms with van der Waals surface area (Å²) in [6, 6.07) is 14.6. The van der Waals surface area contributed by atoms with Gasteiger partial charge in [-0.3, -0.25) is 14.6 Å². The zero-order valence-corrected chi connectivity index (χ0v) is 22.7. The first-order valence-electron chi connectivity index (χ1n) is 14.1. The third-order valence-corrected chi connectivity index (χ3v) is 9.05. The van der Waals surface area contributed by atoms with Crippen LogP contribution in [0.1, 0.15) is 76.2 Å². The molecule has 1 saturated carbocycles. The molecule has 202 valence electrons. The van der Waals surface area contributed by atoms with Crippen LogP contribution >= 0.6 is 0 Å². The van der Waals surface area contributed by atoms with Crippen molar-refractivity contribution < 1.29 is 14.4 Å². The maximum atomic E-state index is 13.3. The summed E-state index contributed by atoms with van der Waals surface area (Å²) in [5, 5.41) is 7.02. The molecule has 2 atom stereocenters. The fourth-order valence-electron chi connectivity index (χ4n) is 6.25. The Morgan fingerprint density at radius 1 is 1.10 bits per heavy atom. The Balaban J connectivity index is 1.19. The van der Waals surface area contributed by atoms with Crippen LogP contribution in [0.2, 0.25) is 0 Å². The summed E-state index contributed by atoms with van der Waals surface area (Å²) in [7, 11) is 2.01. The van der Waals surface area contributed by atoms with Crippen LogP contribution in [0, 0.1) is 11.3 Å². The Morgan fingerprint density at radius 3 is 2.64 bits per heavy atom. The monoisotopic (exact) mass is 524 g/mol. The van der Waals surface area contributed by atoms with Crippen molar-refractivity contribution >= 4 is 29.0 Å². The molecule has 2 amide bonds. The number of nitrogens with one attached hydrogen (secondary N) is 2. The van der Waals surface area contributed by atoms with Gasteiger partial charge < -0.3 is 20.3 Å². The van der Waals surface area contributed by atoms with Crippen molar-refractivity contribution in [1.29, 1.82) is 0 Å². The van der Waals surface area contributed by atoms with Crippen LogP contribution in [0.4, 0.5) is 0 Å². The van der Waals surface area contributed by atoms with Gasteiger partial charge in [-0.1, -0.05) is 19.1 Å². The number of benzene rings is 2. The summed E-state index contributed by atoms with van der Waals surface area (Å²) >= 11 is 0. The maximum Gasteiger partial charge on any atom is 0.251 e. The summed E-state index contributed by atoms with van der Waals surface area (Å²) in [5.74, 6) is 0.319. The number of likely N-dealkylation sites (N-methyl/N-ethyl adjacent to an activating group) is 1. The molecule has 0 unspecified atom stereocenters. The summed E-state index contributed by atoms with van der Waals surface area (Å²) in [4.78, 5) is 44.7. The fraction of sp³-hybridized carbons (Fsp3) is 0.438. The second-order valence-corrected chi connectivity index (χ2v) is 12.0. The van der Waals surface area contributed by atoms with Crippen molar-refractivity contribution in [1.82, 2.24) is 20.5 Å². The Bertz CT molecular complexity index is 1440. The normalized spacial score (nSPS) is 20.9. The van der Waals surface area contributed by atoms with E-state index >= 15 is 0 Å². The molecule has 1 saturated heterocycles. The third-order valence-electron chi connectivity index (χ3n) is 9.05. The first-order chi connectivity index (χ1) is 18.8. The Hall–Kier alpha value is -3.58. The highest BCUT2D eigenvalue weighted by Crippen LogP contribution is 2.55. The molecule has 7 nitrogen and oxygen atoms in total. The molecule has 6 rings (SSSR count). The van der Waals surface area contributed by atoms with Gasteiger partial charge in [-0.25, -0.2) is 0 Å². The van der Waals surface area contributed by atoms with E-state index in [0.29, 0.717) is 22.5 Å². The van der Waals surface area contributed by atoms with Crippen molar-refractivity contribution in [2.24, 2.45) is 11.3 Å². The van der Waals surface area contributed by atoms with E-state index in [1.807, 2.05) is 25.2 Å². The zero-order valence-electron chi connectivity index (χ0n) is 22.7. The number of aryl methyl sites for hydroxylation is 1. The number of hydrogen-bond acceptors (Lipinski definition) is 5. The van der Waals surface area contributed by atoms with Gasteiger partial charge in [-0.2, -0.15) is 0 Å². The number of aldehydes is 1. The molecule has 2 heterocycles. The van der Waals surface area contributed by atoms with Gasteiger partial charge in [0.2, 0.25) is 0 Å². The van der Waals surface area contributed by atoms with Crippen LogP contribution in [0.3, 0.4) is 0 Å². The highest BCUT2D eigenvalue weighted by molar-refractivity contribution is 5.98. The van der Waals surface area contributed by atoms with Crippen LogP contribution in [0.25, 0.3) is 10.9 Å². The van der Waals surface area contributed by atoms with Gasteiger partial charge in [-0.15, -0.1) is 0 Å². The molecule has 2 N–H and O–H groups in total. The Kier molecular flexibility index (Phi) is 6.71. The van der Waals surface area contributed by atoms with Gasteiger partial charge in [0.25, 0.3) is 11.8 Å². The van der Waals surface area contributed by atoms with E-state index < -0.39 is 6.04 Å². The number of likely N-dealkylation sites (tertiary alicyclic amines) is 1. The van der Waals surface area contributed by atoms with E-state index in [-0.39, 0.29) is 24.3 Å². The molecule has 1 aliphatic heterocycles. The number of nitrogens with zero attached hydrogens (tertiary/aromatic N) is 2. The molecule has 0 bridgehead atoms. The van der Waals surface area contributed by atoms with E-state index in [1.165, 1.54) is 30.5 Å². The zero-order chi connectivity index (χ0) is 27.1. The predicted molar refractivity (Wildman–Crippen MR) is 151 cm³/mol. The van der Waals surface area contributed by atoms with Gasteiger partial charge in [0.05, 0.1) is 17.6 Å². The topological polar surface area (TPSA) is 91.4 Å². The number of rotatable bonds is 8. The van der Waals surface area contributed by atoms with E-state index in [2.05, 4.69) is 28.5 Å². The molecule has 2 aliphatic carbocycles. The number of carbonyl (C=O) groups is 3. The summed E-state index contributed by atoms with van der Waals surface area (Å²) < 4.78 is 0. The highest BCUT2D eigenvalue weighted by Gasteiger charge is 2.45. The minimum atomic E-state index is -0.532. The number of fused-ring (bicyclic) bond motifs is 2. The van der Waals surface area contributed by atoms with E-state index in [9.17, 15) is 14.4 Å². The van der Waals surface area contributed by atoms with Gasteiger partial charge >= 0.3 is 0 Å². The highest BCUT2D eigenvalue weighted by atomic mass is 16.2. The number of carbonyl (C=O) groups excluding carboxylic acids is 3. The largest absolute Gasteiger partial charge is 0.347 e. The van der Waals surface area contributed by atoms with Crippen LogP contribution in [-0.2, 0) is 17.6 Å². The number of amides is 2. The Morgan fingerprint density at radius 2 is 1.90 bits per heavy atom. The summed E-state index contributed by atoms with van der Waals surface area (Å²) in [6.45, 7) is 4.07. The second kappa shape index (κ2) is 10.2. The van der Waals surface area contributed by atoms with Crippen LogP contribution in [0.5, 0.6) is 0 Å². The van der Waals surface area contributed by atoms with Crippen LogP contribution in [-0.4, -0.2) is 54.2 Å². The minimum Gasteiger partial charge on any atom is -0.347 e. The first kappa shape index (κ1) is 25.7. The number of pyridine rings is 1. The molecule has 2 aromatic carbocycles. The maximum absolute atomic E-state index is 13.3. The molecule has 1 aromatic heterocycles. The van der Waals surface area contributed by atoms with Gasteiger partial charge in [-0.05, 0) is 98.0 Å². The smallest absolute Gasteiger partial charge is 0.251 e. The standard InChI is InChI=1S/C32H36N4O3/c1-32(11-12-32)25-7-9-28-24(17-25)16-23-15-22(6-8-27(23)34-28)31(39)35-29(10-13-37)20-4-3-5-21(14-20)30(38)33-26-18-36(2)19-26/h3-6,8,13-16,25-26,29H,7,9-12,17-19H2,1-2H3,(H,33,38)(H,35,39)/t25-,29+/m0/s1. The van der Waals surface area contributed by atoms with E-state index in [0.717, 1.165) is 48.7 Å². The lowest BCUT2D eigenvalue weighted by Gasteiger charge is -2.36. The quantitative estimate of drug-likeness (QED) is 0.430. The number of aromatic nitrogens is 1. The van der Waals surface area contributed by atoms with Crippen molar-refractivity contribution in [3.05, 3.63) is 76.5 Å². The molecule has 39 heavy (non-hydrogen) atoms. The molecular formula is C32H36N4O3. The first-order valence-corrected chi connectivity index (χ1v) is 14.1.